The summed E-state index contributed by atoms with van der Waals surface area (Å²) in [6, 6.07) is 0. The van der Waals surface area contributed by atoms with Gasteiger partial charge in [0.15, 0.2) is 0 Å². The molecule has 0 fully saturated rings. The highest BCUT2D eigenvalue weighted by atomic mass is 16.5. The maximum atomic E-state index is 9.86. The molecule has 1 N–H and O–H groups in total. The van der Waals surface area contributed by atoms with Crippen LogP contribution in [-0.4, -0.2) is 46.3 Å². The van der Waals surface area contributed by atoms with Gasteiger partial charge in [-0.2, -0.15) is 0 Å². The van der Waals surface area contributed by atoms with E-state index < -0.39 is 0 Å². The van der Waals surface area contributed by atoms with E-state index in [4.69, 9.17) is 9.47 Å². The number of rotatable bonds is 9. The molecule has 0 bridgehead atoms. The van der Waals surface area contributed by atoms with E-state index in [1.165, 1.54) is 0 Å². The van der Waals surface area contributed by atoms with Crippen LogP contribution in [0.2, 0.25) is 0 Å². The summed E-state index contributed by atoms with van der Waals surface area (Å²) < 4.78 is 10.3. The Kier molecular flexibility index (Phi) is 10.2. The first-order chi connectivity index (χ1) is 5.91. The average molecular weight is 175 g/mol. The Morgan fingerprint density at radius 3 is 2.42 bits per heavy atom. The van der Waals surface area contributed by atoms with Crippen molar-refractivity contribution in [3.8, 4) is 0 Å². The second-order valence-corrected chi connectivity index (χ2v) is 2.28. The molecule has 0 saturated carbocycles. The first-order valence-electron chi connectivity index (χ1n) is 4.15. The van der Waals surface area contributed by atoms with Crippen molar-refractivity contribution >= 4 is 6.29 Å². The van der Waals surface area contributed by atoms with Crippen LogP contribution in [-0.2, 0) is 14.3 Å². The van der Waals surface area contributed by atoms with Crippen molar-refractivity contribution in [3.63, 3.8) is 0 Å². The zero-order valence-electron chi connectivity index (χ0n) is 7.54. The zero-order chi connectivity index (χ0) is 9.07. The molecular weight excluding hydrogens is 158 g/mol. The van der Waals surface area contributed by atoms with Crippen LogP contribution in [0, 0.1) is 0 Å². The molecular formula is C8H17NO3. The number of ether oxygens (including phenoxy) is 2. The van der Waals surface area contributed by atoms with Crippen molar-refractivity contribution in [3.05, 3.63) is 0 Å². The fraction of sp³-hybridized carbons (Fsp3) is 0.875. The lowest BCUT2D eigenvalue weighted by Crippen LogP contribution is -2.16. The van der Waals surface area contributed by atoms with Crippen molar-refractivity contribution in [1.29, 1.82) is 0 Å². The van der Waals surface area contributed by atoms with E-state index in [1.807, 2.05) is 7.05 Å². The Morgan fingerprint density at radius 2 is 1.83 bits per heavy atom. The molecule has 0 amide bonds. The summed E-state index contributed by atoms with van der Waals surface area (Å²) in [6.45, 7) is 3.22. The number of nitrogens with one attached hydrogen (secondary N) is 1. The molecule has 0 aromatic heterocycles. The lowest BCUT2D eigenvalue weighted by atomic mass is 10.5. The third kappa shape index (κ3) is 9.55. The summed E-state index contributed by atoms with van der Waals surface area (Å²) in [7, 11) is 1.88. The quantitative estimate of drug-likeness (QED) is 0.390. The van der Waals surface area contributed by atoms with Gasteiger partial charge < -0.3 is 19.6 Å². The molecule has 0 heterocycles. The van der Waals surface area contributed by atoms with Gasteiger partial charge in [0.1, 0.15) is 6.29 Å². The van der Waals surface area contributed by atoms with E-state index >= 15 is 0 Å². The third-order valence-corrected chi connectivity index (χ3v) is 1.25. The van der Waals surface area contributed by atoms with E-state index in [-0.39, 0.29) is 0 Å². The van der Waals surface area contributed by atoms with Crippen molar-refractivity contribution in [2.75, 3.05) is 40.0 Å². The molecule has 0 aliphatic heterocycles. The van der Waals surface area contributed by atoms with Crippen LogP contribution in [0.4, 0.5) is 0 Å². The standard InChI is InChI=1S/C8H17NO3/c1-9-3-6-12-8-7-11-5-2-4-10/h4,9H,2-3,5-8H2,1H3. The summed E-state index contributed by atoms with van der Waals surface area (Å²) in [5.74, 6) is 0. The average Bonchev–Trinajstić information content (AvgIpc) is 2.10. The van der Waals surface area contributed by atoms with Crippen molar-refractivity contribution in [1.82, 2.24) is 5.32 Å². The van der Waals surface area contributed by atoms with Crippen LogP contribution in [0.5, 0.6) is 0 Å². The second-order valence-electron chi connectivity index (χ2n) is 2.28. The van der Waals surface area contributed by atoms with Gasteiger partial charge in [-0.1, -0.05) is 0 Å². The Labute approximate surface area is 73.2 Å². The molecule has 72 valence electrons. The first kappa shape index (κ1) is 11.6. The number of carbonyl (C=O) groups excluding carboxylic acids is 1. The summed E-state index contributed by atoms with van der Waals surface area (Å²) in [5.41, 5.74) is 0. The van der Waals surface area contributed by atoms with Crippen LogP contribution in [0.3, 0.4) is 0 Å². The molecule has 4 heteroatoms. The zero-order valence-corrected chi connectivity index (χ0v) is 7.54. The molecule has 0 saturated heterocycles. The van der Waals surface area contributed by atoms with E-state index in [1.54, 1.807) is 0 Å². The summed E-state index contributed by atoms with van der Waals surface area (Å²) in [5, 5.41) is 2.97. The molecule has 4 nitrogen and oxygen atoms in total. The SMILES string of the molecule is CNCCOCCOCCC=O. The first-order valence-corrected chi connectivity index (χ1v) is 4.15. The number of aldehydes is 1. The maximum absolute atomic E-state index is 9.86. The topological polar surface area (TPSA) is 47.6 Å². The van der Waals surface area contributed by atoms with Crippen molar-refractivity contribution in [2.45, 2.75) is 6.42 Å². The monoisotopic (exact) mass is 175 g/mol. The Bertz CT molecular complexity index is 98.3. The van der Waals surface area contributed by atoms with Crippen LogP contribution in [0.15, 0.2) is 0 Å². The lowest BCUT2D eigenvalue weighted by molar-refractivity contribution is -0.108. The molecule has 0 aliphatic carbocycles. The van der Waals surface area contributed by atoms with Gasteiger partial charge in [0.25, 0.3) is 0 Å². The molecule has 0 rings (SSSR count). The Balaban J connectivity index is 2.77. The van der Waals surface area contributed by atoms with Crippen LogP contribution in [0.25, 0.3) is 0 Å². The largest absolute Gasteiger partial charge is 0.379 e. The van der Waals surface area contributed by atoms with E-state index in [0.29, 0.717) is 32.8 Å². The second kappa shape index (κ2) is 10.6. The van der Waals surface area contributed by atoms with Gasteiger partial charge in [0, 0.05) is 13.0 Å². The van der Waals surface area contributed by atoms with Crippen LogP contribution in [0.1, 0.15) is 6.42 Å². The van der Waals surface area contributed by atoms with Crippen LogP contribution < -0.4 is 5.32 Å². The maximum Gasteiger partial charge on any atom is 0.122 e. The summed E-state index contributed by atoms with van der Waals surface area (Å²) >= 11 is 0. The molecule has 0 spiro atoms. The van der Waals surface area contributed by atoms with E-state index in [0.717, 1.165) is 12.8 Å². The highest BCUT2D eigenvalue weighted by molar-refractivity contribution is 5.49. The molecule has 0 unspecified atom stereocenters. The highest BCUT2D eigenvalue weighted by Gasteiger charge is 1.88. The predicted molar refractivity (Wildman–Crippen MR) is 46.2 cm³/mol. The molecule has 0 atom stereocenters. The van der Waals surface area contributed by atoms with Crippen LogP contribution >= 0.6 is 0 Å². The van der Waals surface area contributed by atoms with Gasteiger partial charge in [-0.15, -0.1) is 0 Å². The van der Waals surface area contributed by atoms with Gasteiger partial charge in [-0.3, -0.25) is 0 Å². The fourth-order valence-electron chi connectivity index (χ4n) is 0.628. The predicted octanol–water partition coefficient (Wildman–Crippen LogP) is -0.172. The number of carbonyl (C=O) groups is 1. The van der Waals surface area contributed by atoms with Gasteiger partial charge in [0.2, 0.25) is 0 Å². The van der Waals surface area contributed by atoms with Crippen molar-refractivity contribution in [2.24, 2.45) is 0 Å². The Morgan fingerprint density at radius 1 is 1.17 bits per heavy atom. The van der Waals surface area contributed by atoms with Crippen molar-refractivity contribution < 1.29 is 14.3 Å². The van der Waals surface area contributed by atoms with Gasteiger partial charge in [0.05, 0.1) is 26.4 Å². The smallest absolute Gasteiger partial charge is 0.122 e. The number of likely N-dealkylation sites (N-methyl/N-ethyl adjacent to an activating group) is 1. The molecule has 12 heavy (non-hydrogen) atoms. The lowest BCUT2D eigenvalue weighted by Gasteiger charge is -2.03. The van der Waals surface area contributed by atoms with Gasteiger partial charge in [-0.05, 0) is 7.05 Å². The molecule has 0 aromatic rings. The minimum Gasteiger partial charge on any atom is -0.379 e. The molecule has 0 radical (unpaired) electrons. The highest BCUT2D eigenvalue weighted by Crippen LogP contribution is 1.80. The molecule has 0 aliphatic rings. The minimum absolute atomic E-state index is 0.469. The number of hydrogen-bond acceptors (Lipinski definition) is 4. The molecule has 0 aromatic carbocycles. The van der Waals surface area contributed by atoms with Gasteiger partial charge >= 0.3 is 0 Å². The van der Waals surface area contributed by atoms with E-state index in [9.17, 15) is 4.79 Å². The Hall–Kier alpha value is -0.450. The van der Waals surface area contributed by atoms with E-state index in [2.05, 4.69) is 5.32 Å². The fourth-order valence-corrected chi connectivity index (χ4v) is 0.628. The van der Waals surface area contributed by atoms with Gasteiger partial charge in [-0.25, -0.2) is 0 Å². The number of hydrogen-bond donors (Lipinski definition) is 1. The summed E-state index contributed by atoms with van der Waals surface area (Å²) in [4.78, 5) is 9.86. The minimum atomic E-state index is 0.469. The summed E-state index contributed by atoms with van der Waals surface area (Å²) in [6.07, 6.45) is 1.32. The normalized spacial score (nSPS) is 10.1. The third-order valence-electron chi connectivity index (χ3n) is 1.25.